The topological polar surface area (TPSA) is 174 Å². The zero-order chi connectivity index (χ0) is 13.4. The lowest BCUT2D eigenvalue weighted by Gasteiger charge is -2.24. The molecule has 11 heteroatoms. The van der Waals surface area contributed by atoms with Gasteiger partial charge in [0, 0.05) is 0 Å². The fourth-order valence-electron chi connectivity index (χ4n) is 1.16. The number of esters is 1. The van der Waals surface area contributed by atoms with E-state index in [-0.39, 0.29) is 0 Å². The number of carbonyl (C=O) groups excluding carboxylic acids is 1. The summed E-state index contributed by atoms with van der Waals surface area (Å²) in [6.07, 6.45) is -10.6. The predicted molar refractivity (Wildman–Crippen MR) is 47.0 cm³/mol. The van der Waals surface area contributed by atoms with Crippen molar-refractivity contribution in [2.45, 2.75) is 30.7 Å². The Labute approximate surface area is 94.3 Å². The summed E-state index contributed by atoms with van der Waals surface area (Å²) in [5.74, 6) is -1.49. The molecule has 1 rings (SSSR count). The van der Waals surface area contributed by atoms with Crippen molar-refractivity contribution >= 4 is 13.8 Å². The molecule has 0 unspecified atom stereocenters. The summed E-state index contributed by atoms with van der Waals surface area (Å²) in [6.45, 7) is 0. The van der Waals surface area contributed by atoms with Crippen LogP contribution in [-0.2, 0) is 18.6 Å². The van der Waals surface area contributed by atoms with Gasteiger partial charge in [0.2, 0.25) is 6.29 Å². The molecule has 0 aliphatic carbocycles. The summed E-state index contributed by atoms with van der Waals surface area (Å²) in [4.78, 5) is 28.0. The lowest BCUT2D eigenvalue weighted by atomic mass is 10.0. The quantitative estimate of drug-likeness (QED) is 0.218. The molecular formula is C6H11O10P. The maximum absolute atomic E-state index is 11.0. The van der Waals surface area contributed by atoms with E-state index in [1.165, 1.54) is 0 Å². The molecule has 0 saturated carbocycles. The standard InChI is InChI=1S/C6H11O10P/c7-1-2(8)4(10)6(16-17(12,13)14)15-5(11)3(1)9/h1-4,6-10H,(H2,12,13,14)/t1-,2+,3+,4+,6-/m1/s1. The molecule has 0 amide bonds. The van der Waals surface area contributed by atoms with E-state index in [0.29, 0.717) is 0 Å². The van der Waals surface area contributed by atoms with Gasteiger partial charge in [0.25, 0.3) is 0 Å². The number of ether oxygens (including phenoxy) is 1. The zero-order valence-electron chi connectivity index (χ0n) is 8.15. The van der Waals surface area contributed by atoms with Gasteiger partial charge in [0.05, 0.1) is 0 Å². The van der Waals surface area contributed by atoms with Gasteiger partial charge in [-0.25, -0.2) is 13.9 Å². The molecule has 6 N–H and O–H groups in total. The third-order valence-electron chi connectivity index (χ3n) is 2.02. The van der Waals surface area contributed by atoms with E-state index in [2.05, 4.69) is 9.26 Å². The first kappa shape index (κ1) is 14.5. The number of aliphatic hydroxyl groups is 4. The van der Waals surface area contributed by atoms with E-state index < -0.39 is 44.5 Å². The molecule has 100 valence electrons. The van der Waals surface area contributed by atoms with Crippen molar-refractivity contribution in [1.29, 1.82) is 0 Å². The van der Waals surface area contributed by atoms with Gasteiger partial charge >= 0.3 is 13.8 Å². The number of phosphoric ester groups is 1. The van der Waals surface area contributed by atoms with Crippen LogP contribution in [0.5, 0.6) is 0 Å². The van der Waals surface area contributed by atoms with Gasteiger partial charge in [-0.05, 0) is 0 Å². The normalized spacial score (nSPS) is 39.6. The summed E-state index contributed by atoms with van der Waals surface area (Å²) in [5, 5.41) is 36.8. The molecule has 10 nitrogen and oxygen atoms in total. The Balaban J connectivity index is 2.92. The van der Waals surface area contributed by atoms with E-state index in [9.17, 15) is 24.7 Å². The van der Waals surface area contributed by atoms with Crippen molar-refractivity contribution in [2.75, 3.05) is 0 Å². The number of hydrogen-bond acceptors (Lipinski definition) is 8. The largest absolute Gasteiger partial charge is 0.472 e. The number of phosphoric acid groups is 1. The number of cyclic esters (lactones) is 1. The summed E-state index contributed by atoms with van der Waals surface area (Å²) in [6, 6.07) is 0. The van der Waals surface area contributed by atoms with Crippen molar-refractivity contribution in [3.63, 3.8) is 0 Å². The van der Waals surface area contributed by atoms with Crippen LogP contribution in [-0.4, -0.2) is 66.9 Å². The van der Waals surface area contributed by atoms with E-state index >= 15 is 0 Å². The summed E-state index contributed by atoms with van der Waals surface area (Å²) < 4.78 is 18.6. The van der Waals surface area contributed by atoms with Crippen LogP contribution in [0.3, 0.4) is 0 Å². The highest BCUT2D eigenvalue weighted by Crippen LogP contribution is 2.39. The molecule has 1 aliphatic rings. The van der Waals surface area contributed by atoms with Crippen LogP contribution in [0.15, 0.2) is 0 Å². The Morgan fingerprint density at radius 2 is 1.59 bits per heavy atom. The van der Waals surface area contributed by atoms with E-state index in [0.717, 1.165) is 0 Å². The first-order valence-electron chi connectivity index (χ1n) is 4.30. The Morgan fingerprint density at radius 3 is 2.06 bits per heavy atom. The molecule has 1 saturated heterocycles. The molecule has 0 spiro atoms. The highest BCUT2D eigenvalue weighted by molar-refractivity contribution is 7.46. The molecule has 1 aliphatic heterocycles. The first-order chi connectivity index (χ1) is 7.63. The van der Waals surface area contributed by atoms with Crippen LogP contribution >= 0.6 is 7.82 Å². The van der Waals surface area contributed by atoms with Crippen LogP contribution in [0.1, 0.15) is 0 Å². The van der Waals surface area contributed by atoms with Gasteiger partial charge in [-0.1, -0.05) is 0 Å². The molecular weight excluding hydrogens is 263 g/mol. The lowest BCUT2D eigenvalue weighted by molar-refractivity contribution is -0.189. The zero-order valence-corrected chi connectivity index (χ0v) is 9.04. The highest BCUT2D eigenvalue weighted by atomic mass is 31.2. The number of rotatable bonds is 2. The first-order valence-corrected chi connectivity index (χ1v) is 5.83. The van der Waals surface area contributed by atoms with E-state index in [1.807, 2.05) is 0 Å². The molecule has 5 atom stereocenters. The number of carbonyl (C=O) groups is 1. The molecule has 17 heavy (non-hydrogen) atoms. The van der Waals surface area contributed by atoms with Gasteiger partial charge in [-0.3, -0.25) is 0 Å². The SMILES string of the molecule is O=C1O[C@H](OP(=O)(O)O)[C@@H](O)[C@@H](O)[C@@H](O)[C@@H]1O. The van der Waals surface area contributed by atoms with Gasteiger partial charge in [-0.2, -0.15) is 0 Å². The van der Waals surface area contributed by atoms with Crippen LogP contribution in [0, 0.1) is 0 Å². The molecule has 0 bridgehead atoms. The molecule has 0 aromatic rings. The second-order valence-electron chi connectivity index (χ2n) is 3.32. The lowest BCUT2D eigenvalue weighted by Crippen LogP contribution is -2.46. The Hall–Kier alpha value is -0.580. The minimum atomic E-state index is -5.09. The van der Waals surface area contributed by atoms with E-state index in [1.54, 1.807) is 0 Å². The maximum Gasteiger partial charge on any atom is 0.472 e. The van der Waals surface area contributed by atoms with Crippen LogP contribution < -0.4 is 0 Å². The number of hydrogen-bond donors (Lipinski definition) is 6. The highest BCUT2D eigenvalue weighted by Gasteiger charge is 2.46. The van der Waals surface area contributed by atoms with Gasteiger partial charge < -0.3 is 34.9 Å². The van der Waals surface area contributed by atoms with Crippen LogP contribution in [0.4, 0.5) is 0 Å². The van der Waals surface area contributed by atoms with Crippen molar-refractivity contribution in [1.82, 2.24) is 0 Å². The average Bonchev–Trinajstić information content (AvgIpc) is 2.25. The Kier molecular flexibility index (Phi) is 4.23. The van der Waals surface area contributed by atoms with Gasteiger partial charge in [-0.15, -0.1) is 0 Å². The fourth-order valence-corrected chi connectivity index (χ4v) is 1.60. The monoisotopic (exact) mass is 274 g/mol. The second-order valence-corrected chi connectivity index (χ2v) is 4.51. The average molecular weight is 274 g/mol. The summed E-state index contributed by atoms with van der Waals surface area (Å²) >= 11 is 0. The van der Waals surface area contributed by atoms with Crippen molar-refractivity contribution in [3.05, 3.63) is 0 Å². The van der Waals surface area contributed by atoms with Crippen LogP contribution in [0.25, 0.3) is 0 Å². The van der Waals surface area contributed by atoms with Crippen molar-refractivity contribution in [2.24, 2.45) is 0 Å². The predicted octanol–water partition coefficient (Wildman–Crippen LogP) is -3.58. The van der Waals surface area contributed by atoms with E-state index in [4.69, 9.17) is 14.9 Å². The maximum atomic E-state index is 11.0. The summed E-state index contributed by atoms with van der Waals surface area (Å²) in [5.41, 5.74) is 0. The Morgan fingerprint density at radius 1 is 1.06 bits per heavy atom. The smallest absolute Gasteiger partial charge is 0.430 e. The van der Waals surface area contributed by atoms with Gasteiger partial charge in [0.1, 0.15) is 18.3 Å². The second kappa shape index (κ2) is 4.96. The molecule has 0 radical (unpaired) electrons. The van der Waals surface area contributed by atoms with Crippen molar-refractivity contribution < 1.29 is 48.8 Å². The molecule has 0 aromatic carbocycles. The molecule has 0 aromatic heterocycles. The van der Waals surface area contributed by atoms with Gasteiger partial charge in [0.15, 0.2) is 6.10 Å². The minimum absolute atomic E-state index is 1.49. The molecule has 1 fully saturated rings. The Bertz CT molecular complexity index is 338. The summed E-state index contributed by atoms with van der Waals surface area (Å²) in [7, 11) is -5.09. The third-order valence-corrected chi connectivity index (χ3v) is 2.50. The van der Waals surface area contributed by atoms with Crippen LogP contribution in [0.2, 0.25) is 0 Å². The minimum Gasteiger partial charge on any atom is -0.430 e. The fraction of sp³-hybridized carbons (Fsp3) is 0.833. The molecule has 1 heterocycles. The third kappa shape index (κ3) is 3.44. The number of aliphatic hydroxyl groups excluding tert-OH is 4. The van der Waals surface area contributed by atoms with Crippen molar-refractivity contribution in [3.8, 4) is 0 Å².